The highest BCUT2D eigenvalue weighted by molar-refractivity contribution is 5.76. The molecule has 9 heteroatoms. The molecule has 3 aromatic heterocycles. The number of amides is 1. The molecule has 0 aromatic carbocycles. The van der Waals surface area contributed by atoms with E-state index in [1.165, 1.54) is 0 Å². The van der Waals surface area contributed by atoms with Crippen molar-refractivity contribution in [2.24, 2.45) is 0 Å². The maximum Gasteiger partial charge on any atom is 0.244 e. The zero-order chi connectivity index (χ0) is 22.1. The molecule has 0 saturated carbocycles. The first-order chi connectivity index (χ1) is 15.5. The number of fused-ring (bicyclic) bond motifs is 1. The van der Waals surface area contributed by atoms with Gasteiger partial charge in [0.1, 0.15) is 12.4 Å². The Hall–Kier alpha value is -3.33. The highest BCUT2D eigenvalue weighted by Crippen LogP contribution is 2.30. The third kappa shape index (κ3) is 4.34. The van der Waals surface area contributed by atoms with Crippen molar-refractivity contribution in [3.63, 3.8) is 0 Å². The van der Waals surface area contributed by atoms with Gasteiger partial charge in [0.05, 0.1) is 24.1 Å². The predicted molar refractivity (Wildman–Crippen MR) is 119 cm³/mol. The van der Waals surface area contributed by atoms with E-state index in [0.717, 1.165) is 47.6 Å². The molecular formula is C23H27N7O2. The Morgan fingerprint density at radius 1 is 1.16 bits per heavy atom. The lowest BCUT2D eigenvalue weighted by Gasteiger charge is -2.35. The molecule has 9 nitrogen and oxygen atoms in total. The molecule has 2 atom stereocenters. The summed E-state index contributed by atoms with van der Waals surface area (Å²) in [5.41, 5.74) is 3.98. The van der Waals surface area contributed by atoms with Crippen LogP contribution in [0.15, 0.2) is 36.9 Å². The van der Waals surface area contributed by atoms with Crippen LogP contribution in [0.4, 0.5) is 11.5 Å². The molecule has 1 amide bonds. The third-order valence-electron chi connectivity index (χ3n) is 5.84. The second kappa shape index (κ2) is 8.66. The monoisotopic (exact) mass is 433 g/mol. The number of nitrogens with one attached hydrogen (secondary N) is 1. The van der Waals surface area contributed by atoms with Crippen LogP contribution in [-0.4, -0.2) is 60.8 Å². The van der Waals surface area contributed by atoms with E-state index < -0.39 is 0 Å². The Morgan fingerprint density at radius 2 is 1.94 bits per heavy atom. The highest BCUT2D eigenvalue weighted by atomic mass is 16.5. The van der Waals surface area contributed by atoms with Crippen LogP contribution in [0.1, 0.15) is 31.5 Å². The maximum atomic E-state index is 12.7. The van der Waals surface area contributed by atoms with Crippen LogP contribution in [-0.2, 0) is 28.9 Å². The van der Waals surface area contributed by atoms with E-state index >= 15 is 0 Å². The fraction of sp³-hybridized carbons (Fsp3) is 0.435. The normalized spacial score (nSPS) is 20.2. The van der Waals surface area contributed by atoms with Crippen molar-refractivity contribution in [1.29, 1.82) is 0 Å². The number of carbonyl (C=O) groups excluding carboxylic acids is 1. The zero-order valence-corrected chi connectivity index (χ0v) is 18.4. The number of carbonyl (C=O) groups is 1. The fourth-order valence-corrected chi connectivity index (χ4v) is 4.44. The quantitative estimate of drug-likeness (QED) is 0.660. The van der Waals surface area contributed by atoms with Gasteiger partial charge in [-0.15, -0.1) is 0 Å². The summed E-state index contributed by atoms with van der Waals surface area (Å²) in [7, 11) is 0. The molecule has 1 aliphatic heterocycles. The number of pyridine rings is 1. The van der Waals surface area contributed by atoms with Crippen LogP contribution >= 0.6 is 0 Å². The molecule has 1 N–H and O–H groups in total. The number of anilines is 2. The van der Waals surface area contributed by atoms with Crippen LogP contribution in [0.5, 0.6) is 0 Å². The van der Waals surface area contributed by atoms with E-state index in [0.29, 0.717) is 18.9 Å². The van der Waals surface area contributed by atoms with E-state index in [4.69, 9.17) is 14.7 Å². The molecule has 3 aromatic rings. The SMILES string of the molecule is CC1CN(C(=O)Cn2cc(Nc3nc(-c4ccncc4)nc4c3CCC4)cn2)CC(C)O1. The summed E-state index contributed by atoms with van der Waals surface area (Å²) < 4.78 is 7.39. The molecule has 0 spiro atoms. The lowest BCUT2D eigenvalue weighted by molar-refractivity contribution is -0.144. The Kier molecular flexibility index (Phi) is 5.57. The molecule has 4 heterocycles. The highest BCUT2D eigenvalue weighted by Gasteiger charge is 2.26. The van der Waals surface area contributed by atoms with Crippen molar-refractivity contribution in [1.82, 2.24) is 29.6 Å². The van der Waals surface area contributed by atoms with Crippen LogP contribution < -0.4 is 5.32 Å². The molecule has 166 valence electrons. The minimum atomic E-state index is 0.0459. The molecular weight excluding hydrogens is 406 g/mol. The summed E-state index contributed by atoms with van der Waals surface area (Å²) in [6.45, 7) is 5.41. The van der Waals surface area contributed by atoms with Gasteiger partial charge in [-0.1, -0.05) is 0 Å². The number of rotatable bonds is 5. The van der Waals surface area contributed by atoms with Gasteiger partial charge in [0, 0.05) is 48.5 Å². The van der Waals surface area contributed by atoms with Crippen molar-refractivity contribution in [2.45, 2.75) is 51.9 Å². The topological polar surface area (TPSA) is 98.1 Å². The summed E-state index contributed by atoms with van der Waals surface area (Å²) in [5, 5.41) is 7.79. The van der Waals surface area contributed by atoms with Gasteiger partial charge in [0.15, 0.2) is 5.82 Å². The first kappa shape index (κ1) is 20.6. The Balaban J connectivity index is 1.32. The molecule has 2 unspecified atom stereocenters. The Morgan fingerprint density at radius 3 is 2.72 bits per heavy atom. The smallest absolute Gasteiger partial charge is 0.244 e. The van der Waals surface area contributed by atoms with Crippen molar-refractivity contribution < 1.29 is 9.53 Å². The van der Waals surface area contributed by atoms with Crippen molar-refractivity contribution in [3.8, 4) is 11.4 Å². The van der Waals surface area contributed by atoms with Gasteiger partial charge in [-0.2, -0.15) is 5.10 Å². The van der Waals surface area contributed by atoms with Gasteiger partial charge >= 0.3 is 0 Å². The molecule has 2 aliphatic rings. The van der Waals surface area contributed by atoms with Gasteiger partial charge in [0.25, 0.3) is 0 Å². The largest absolute Gasteiger partial charge is 0.372 e. The standard InChI is InChI=1S/C23H27N7O2/c1-15-11-29(12-16(2)32-15)21(31)14-30-13-18(10-25-30)26-23-19-4-3-5-20(19)27-22(28-23)17-6-8-24-9-7-17/h6-10,13,15-16H,3-5,11-12,14H2,1-2H3,(H,26,27,28). The van der Waals surface area contributed by atoms with Crippen molar-refractivity contribution >= 4 is 17.4 Å². The number of morpholine rings is 1. The second-order valence-corrected chi connectivity index (χ2v) is 8.52. The lowest BCUT2D eigenvalue weighted by atomic mass is 10.2. The third-order valence-corrected chi connectivity index (χ3v) is 5.84. The number of hydrogen-bond donors (Lipinski definition) is 1. The van der Waals surface area contributed by atoms with Gasteiger partial charge in [-0.05, 0) is 45.2 Å². The summed E-state index contributed by atoms with van der Waals surface area (Å²) in [6, 6.07) is 3.83. The van der Waals surface area contributed by atoms with Crippen molar-refractivity contribution in [2.75, 3.05) is 18.4 Å². The summed E-state index contributed by atoms with van der Waals surface area (Å²) >= 11 is 0. The minimum absolute atomic E-state index is 0.0459. The Bertz CT molecular complexity index is 1100. The summed E-state index contributed by atoms with van der Waals surface area (Å²) in [4.78, 5) is 28.2. The average molecular weight is 434 g/mol. The van der Waals surface area contributed by atoms with E-state index in [1.54, 1.807) is 23.3 Å². The van der Waals surface area contributed by atoms with E-state index in [1.807, 2.05) is 37.1 Å². The van der Waals surface area contributed by atoms with Gasteiger partial charge in [0.2, 0.25) is 5.91 Å². The summed E-state index contributed by atoms with van der Waals surface area (Å²) in [6.07, 6.45) is 10.1. The minimum Gasteiger partial charge on any atom is -0.372 e. The molecule has 1 aliphatic carbocycles. The van der Waals surface area contributed by atoms with Gasteiger partial charge in [-0.25, -0.2) is 9.97 Å². The van der Waals surface area contributed by atoms with E-state index in [9.17, 15) is 4.79 Å². The Labute approximate surface area is 186 Å². The zero-order valence-electron chi connectivity index (χ0n) is 18.4. The maximum absolute atomic E-state index is 12.7. The molecule has 0 radical (unpaired) electrons. The molecule has 1 fully saturated rings. The first-order valence-corrected chi connectivity index (χ1v) is 11.1. The predicted octanol–water partition coefficient (Wildman–Crippen LogP) is 2.60. The lowest BCUT2D eigenvalue weighted by Crippen LogP contribution is -2.49. The number of nitrogens with zero attached hydrogens (tertiary/aromatic N) is 6. The van der Waals surface area contributed by atoms with E-state index in [-0.39, 0.29) is 24.7 Å². The molecule has 32 heavy (non-hydrogen) atoms. The number of aromatic nitrogens is 5. The average Bonchev–Trinajstić information content (AvgIpc) is 3.43. The first-order valence-electron chi connectivity index (χ1n) is 11.1. The molecule has 1 saturated heterocycles. The van der Waals surface area contributed by atoms with Crippen LogP contribution in [0, 0.1) is 0 Å². The van der Waals surface area contributed by atoms with Crippen LogP contribution in [0.25, 0.3) is 11.4 Å². The van der Waals surface area contributed by atoms with Crippen LogP contribution in [0.3, 0.4) is 0 Å². The number of hydrogen-bond acceptors (Lipinski definition) is 7. The van der Waals surface area contributed by atoms with Gasteiger partial charge in [-0.3, -0.25) is 14.5 Å². The van der Waals surface area contributed by atoms with Gasteiger partial charge < -0.3 is 15.0 Å². The fourth-order valence-electron chi connectivity index (χ4n) is 4.44. The van der Waals surface area contributed by atoms with Crippen LogP contribution in [0.2, 0.25) is 0 Å². The van der Waals surface area contributed by atoms with E-state index in [2.05, 4.69) is 15.4 Å². The number of aryl methyl sites for hydroxylation is 1. The number of ether oxygens (including phenoxy) is 1. The summed E-state index contributed by atoms with van der Waals surface area (Å²) in [5.74, 6) is 1.54. The van der Waals surface area contributed by atoms with Crippen molar-refractivity contribution in [3.05, 3.63) is 48.2 Å². The molecule has 5 rings (SSSR count). The second-order valence-electron chi connectivity index (χ2n) is 8.52. The molecule has 0 bridgehead atoms.